The predicted molar refractivity (Wildman–Crippen MR) is 127 cm³/mol. The van der Waals surface area contributed by atoms with Crippen LogP contribution in [-0.4, -0.2) is 35.5 Å². The van der Waals surface area contributed by atoms with Gasteiger partial charge in [0.05, 0.1) is 12.5 Å². The highest BCUT2D eigenvalue weighted by molar-refractivity contribution is 7.95. The van der Waals surface area contributed by atoms with E-state index in [2.05, 4.69) is 24.7 Å². The number of sulfonamides is 1. The Bertz CT molecular complexity index is 1380. The molecule has 1 N–H and O–H groups in total. The minimum absolute atomic E-state index is 0.0212. The van der Waals surface area contributed by atoms with Gasteiger partial charge in [0.25, 0.3) is 10.0 Å². The number of methoxy groups -OCH3 is 1. The number of ether oxygens (including phenoxy) is 2. The van der Waals surface area contributed by atoms with Crippen LogP contribution < -0.4 is 14.2 Å². The summed E-state index contributed by atoms with van der Waals surface area (Å²) in [5.41, 5.74) is 0. The van der Waals surface area contributed by atoms with E-state index in [0.29, 0.717) is 11.5 Å². The van der Waals surface area contributed by atoms with Gasteiger partial charge in [0.1, 0.15) is 0 Å². The first kappa shape index (κ1) is 22.6. The summed E-state index contributed by atoms with van der Waals surface area (Å²) >= 11 is 7.79. The molecule has 12 heteroatoms. The minimum Gasteiger partial charge on any atom is -0.493 e. The van der Waals surface area contributed by atoms with Crippen LogP contribution in [0.5, 0.6) is 17.2 Å². The lowest BCUT2D eigenvalue weighted by molar-refractivity contribution is 0.378. The Morgan fingerprint density at radius 1 is 1.00 bits per heavy atom. The van der Waals surface area contributed by atoms with E-state index in [-0.39, 0.29) is 28.4 Å². The van der Waals surface area contributed by atoms with Crippen molar-refractivity contribution in [3.63, 3.8) is 0 Å². The number of halogens is 1. The molecule has 0 atom stereocenters. The van der Waals surface area contributed by atoms with Crippen LogP contribution in [0.15, 0.2) is 65.6 Å². The molecule has 0 unspecified atom stereocenters. The molecule has 0 amide bonds. The average Bonchev–Trinajstić information content (AvgIpc) is 3.34. The third kappa shape index (κ3) is 5.64. The maximum Gasteiger partial charge on any atom is 0.256 e. The van der Waals surface area contributed by atoms with E-state index in [1.54, 1.807) is 36.4 Å². The molecule has 0 aliphatic heterocycles. The van der Waals surface area contributed by atoms with Crippen molar-refractivity contribution >= 4 is 44.9 Å². The second kappa shape index (κ2) is 9.94. The predicted octanol–water partition coefficient (Wildman–Crippen LogP) is 4.86. The maximum atomic E-state index is 12.8. The van der Waals surface area contributed by atoms with Gasteiger partial charge in [-0.3, -0.25) is 4.72 Å². The van der Waals surface area contributed by atoms with E-state index in [4.69, 9.17) is 21.1 Å². The highest BCUT2D eigenvalue weighted by atomic mass is 35.5. The summed E-state index contributed by atoms with van der Waals surface area (Å²) in [7, 11) is -2.50. The summed E-state index contributed by atoms with van der Waals surface area (Å²) in [4.78, 5) is 17.4. The van der Waals surface area contributed by atoms with Crippen LogP contribution in [-0.2, 0) is 10.0 Å². The van der Waals surface area contributed by atoms with Crippen molar-refractivity contribution in [3.05, 3.63) is 75.7 Å². The van der Waals surface area contributed by atoms with Crippen LogP contribution in [0.2, 0.25) is 5.15 Å². The molecule has 0 aliphatic rings. The molecule has 4 rings (SSSR count). The first-order chi connectivity index (χ1) is 15.9. The largest absolute Gasteiger partial charge is 0.493 e. The normalized spacial score (nSPS) is 11.5. The Morgan fingerprint density at radius 3 is 2.45 bits per heavy atom. The number of hydrogen-bond donors (Lipinski definition) is 1. The quantitative estimate of drug-likeness (QED) is 0.340. The van der Waals surface area contributed by atoms with Crippen LogP contribution in [0.25, 0.3) is 17.7 Å². The molecular formula is C21H16ClN5O4S2. The Balaban J connectivity index is 1.76. The van der Waals surface area contributed by atoms with Gasteiger partial charge in [-0.05, 0) is 35.7 Å². The molecule has 0 radical (unpaired) electrons. The van der Waals surface area contributed by atoms with Crippen LogP contribution in [0.3, 0.4) is 0 Å². The molecule has 9 nitrogen and oxygen atoms in total. The van der Waals surface area contributed by atoms with Crippen molar-refractivity contribution in [3.8, 4) is 28.9 Å². The van der Waals surface area contributed by atoms with E-state index in [1.807, 2.05) is 11.4 Å². The second-order valence-electron chi connectivity index (χ2n) is 6.31. The number of thiophene rings is 1. The topological polar surface area (TPSA) is 116 Å². The molecule has 3 aromatic heterocycles. The van der Waals surface area contributed by atoms with Crippen molar-refractivity contribution < 1.29 is 17.9 Å². The molecule has 4 aromatic rings. The van der Waals surface area contributed by atoms with Crippen molar-refractivity contribution in [2.75, 3.05) is 11.8 Å². The van der Waals surface area contributed by atoms with E-state index >= 15 is 0 Å². The molecule has 0 saturated heterocycles. The van der Waals surface area contributed by atoms with Crippen LogP contribution in [0.1, 0.15) is 4.88 Å². The summed E-state index contributed by atoms with van der Waals surface area (Å²) in [6, 6.07) is 12.1. The monoisotopic (exact) mass is 501 g/mol. The molecule has 0 aliphatic carbocycles. The van der Waals surface area contributed by atoms with E-state index in [1.165, 1.54) is 36.9 Å². The second-order valence-corrected chi connectivity index (χ2v) is 9.21. The van der Waals surface area contributed by atoms with Gasteiger partial charge >= 0.3 is 0 Å². The van der Waals surface area contributed by atoms with Gasteiger partial charge in [-0.25, -0.2) is 28.4 Å². The standard InChI is InChI=1S/C21H16ClN5O4S2/c1-30-15-7-2-3-8-16(15)31-17-18(22)25-21(20-23-10-5-11-24-20)26-19(17)27-33(28,29)13-9-14-6-4-12-32-14/h2-13H,1H3,(H,25,26,27). The number of anilines is 1. The fourth-order valence-electron chi connectivity index (χ4n) is 2.62. The van der Waals surface area contributed by atoms with Gasteiger partial charge in [-0.1, -0.05) is 29.8 Å². The molecule has 0 bridgehead atoms. The van der Waals surface area contributed by atoms with Gasteiger partial charge < -0.3 is 9.47 Å². The number of nitrogens with zero attached hydrogens (tertiary/aromatic N) is 4. The summed E-state index contributed by atoms with van der Waals surface area (Å²) in [5.74, 6) is 0.609. The zero-order valence-corrected chi connectivity index (χ0v) is 19.4. The van der Waals surface area contributed by atoms with Gasteiger partial charge in [-0.15, -0.1) is 11.3 Å². The fourth-order valence-corrected chi connectivity index (χ4v) is 4.34. The number of nitrogens with one attached hydrogen (secondary N) is 1. The first-order valence-electron chi connectivity index (χ1n) is 9.35. The SMILES string of the molecule is COc1ccccc1Oc1c(Cl)nc(-c2ncccn2)nc1NS(=O)(=O)C=Cc1cccs1. The van der Waals surface area contributed by atoms with E-state index in [0.717, 1.165) is 10.3 Å². The number of rotatable bonds is 8. The van der Waals surface area contributed by atoms with Crippen molar-refractivity contribution in [1.82, 2.24) is 19.9 Å². The molecule has 0 spiro atoms. The molecule has 0 fully saturated rings. The zero-order chi connectivity index (χ0) is 23.3. The third-order valence-electron chi connectivity index (χ3n) is 4.06. The smallest absolute Gasteiger partial charge is 0.256 e. The lowest BCUT2D eigenvalue weighted by atomic mass is 10.3. The number of hydrogen-bond acceptors (Lipinski definition) is 9. The highest BCUT2D eigenvalue weighted by Crippen LogP contribution is 2.39. The first-order valence-corrected chi connectivity index (χ1v) is 12.2. The van der Waals surface area contributed by atoms with Crippen LogP contribution in [0, 0.1) is 0 Å². The van der Waals surface area contributed by atoms with Crippen molar-refractivity contribution in [2.45, 2.75) is 0 Å². The Morgan fingerprint density at radius 2 is 1.76 bits per heavy atom. The summed E-state index contributed by atoms with van der Waals surface area (Å²) in [6.45, 7) is 0. The number of para-hydroxylation sites is 2. The van der Waals surface area contributed by atoms with Crippen molar-refractivity contribution in [1.29, 1.82) is 0 Å². The van der Waals surface area contributed by atoms with E-state index in [9.17, 15) is 8.42 Å². The number of aromatic nitrogens is 4. The van der Waals surface area contributed by atoms with Crippen LogP contribution >= 0.6 is 22.9 Å². The maximum absolute atomic E-state index is 12.8. The third-order valence-corrected chi connectivity index (χ3v) is 6.13. The fraction of sp³-hybridized carbons (Fsp3) is 0.0476. The lowest BCUT2D eigenvalue weighted by Crippen LogP contribution is -2.13. The van der Waals surface area contributed by atoms with E-state index < -0.39 is 10.0 Å². The summed E-state index contributed by atoms with van der Waals surface area (Å²) in [6.07, 6.45) is 4.48. The van der Waals surface area contributed by atoms with Gasteiger partial charge in [0.15, 0.2) is 28.3 Å². The van der Waals surface area contributed by atoms with Gasteiger partial charge in [-0.2, -0.15) is 0 Å². The number of benzene rings is 1. The summed E-state index contributed by atoms with van der Waals surface area (Å²) in [5, 5.41) is 2.73. The Kier molecular flexibility index (Phi) is 6.82. The molecule has 0 saturated carbocycles. The molecule has 168 valence electrons. The van der Waals surface area contributed by atoms with Gasteiger partial charge in [0.2, 0.25) is 11.6 Å². The zero-order valence-electron chi connectivity index (χ0n) is 17.0. The summed E-state index contributed by atoms with van der Waals surface area (Å²) < 4.78 is 39.1. The Labute approximate surface area is 198 Å². The molecule has 1 aromatic carbocycles. The molecule has 33 heavy (non-hydrogen) atoms. The Hall–Kier alpha value is -3.54. The van der Waals surface area contributed by atoms with Gasteiger partial charge in [0, 0.05) is 17.3 Å². The lowest BCUT2D eigenvalue weighted by Gasteiger charge is -2.15. The van der Waals surface area contributed by atoms with Crippen molar-refractivity contribution in [2.24, 2.45) is 0 Å². The minimum atomic E-state index is -3.98. The molecular weight excluding hydrogens is 486 g/mol. The molecule has 3 heterocycles. The van der Waals surface area contributed by atoms with Crippen LogP contribution in [0.4, 0.5) is 5.82 Å². The highest BCUT2D eigenvalue weighted by Gasteiger charge is 2.22. The average molecular weight is 502 g/mol.